The van der Waals surface area contributed by atoms with E-state index in [1.807, 2.05) is 12.1 Å². The van der Waals surface area contributed by atoms with E-state index in [4.69, 9.17) is 11.6 Å². The van der Waals surface area contributed by atoms with Crippen LogP contribution >= 0.6 is 11.6 Å². The molecule has 20 heavy (non-hydrogen) atoms. The van der Waals surface area contributed by atoms with Crippen molar-refractivity contribution in [2.75, 3.05) is 18.4 Å². The molecule has 1 aromatic heterocycles. The molecule has 3 rings (SSSR count). The van der Waals surface area contributed by atoms with Crippen LogP contribution < -0.4 is 5.32 Å². The van der Waals surface area contributed by atoms with Crippen LogP contribution in [0.4, 0.5) is 5.69 Å². The predicted octanol–water partition coefficient (Wildman–Crippen LogP) is 3.66. The standard InChI is InChI=1S/C16H24ClN3/c1-11(2)20-9-12-4-3-5-13(10-20)16(12)19-14-6-7-18-15(17)8-14/h6-8,11-13,16H,3-5,9-10H2,1-2H3,(H,18,19). The second-order valence-electron chi connectivity index (χ2n) is 6.54. The van der Waals surface area contributed by atoms with Gasteiger partial charge in [0.25, 0.3) is 0 Å². The van der Waals surface area contributed by atoms with Crippen LogP contribution in [0.15, 0.2) is 18.3 Å². The van der Waals surface area contributed by atoms with E-state index in [0.29, 0.717) is 17.2 Å². The minimum absolute atomic E-state index is 0.569. The molecule has 1 saturated carbocycles. The zero-order valence-corrected chi connectivity index (χ0v) is 13.1. The molecule has 1 aliphatic carbocycles. The summed E-state index contributed by atoms with van der Waals surface area (Å²) in [5.41, 5.74) is 1.12. The van der Waals surface area contributed by atoms with Crippen molar-refractivity contribution >= 4 is 17.3 Å². The van der Waals surface area contributed by atoms with Crippen molar-refractivity contribution in [2.45, 2.75) is 45.2 Å². The highest BCUT2D eigenvalue weighted by Crippen LogP contribution is 2.37. The highest BCUT2D eigenvalue weighted by Gasteiger charge is 2.39. The maximum atomic E-state index is 5.99. The lowest BCUT2D eigenvalue weighted by molar-refractivity contribution is 0.0518. The number of piperidine rings is 1. The molecule has 2 atom stereocenters. The van der Waals surface area contributed by atoms with Gasteiger partial charge in [0.05, 0.1) is 0 Å². The molecular formula is C16H24ClN3. The molecule has 0 spiro atoms. The Morgan fingerprint density at radius 2 is 2.00 bits per heavy atom. The van der Waals surface area contributed by atoms with Gasteiger partial charge >= 0.3 is 0 Å². The first-order chi connectivity index (χ1) is 9.63. The topological polar surface area (TPSA) is 28.2 Å². The van der Waals surface area contributed by atoms with Crippen LogP contribution in [0.3, 0.4) is 0 Å². The summed E-state index contributed by atoms with van der Waals surface area (Å²) in [6.45, 7) is 7.08. The Labute approximate surface area is 126 Å². The van der Waals surface area contributed by atoms with Crippen LogP contribution in [0.5, 0.6) is 0 Å². The van der Waals surface area contributed by atoms with Gasteiger partial charge in [0.15, 0.2) is 0 Å². The molecular weight excluding hydrogens is 270 g/mol. The third kappa shape index (κ3) is 2.94. The number of aromatic nitrogens is 1. The number of nitrogens with one attached hydrogen (secondary N) is 1. The Hall–Kier alpha value is -0.800. The summed E-state index contributed by atoms with van der Waals surface area (Å²) in [6, 6.07) is 5.22. The van der Waals surface area contributed by atoms with E-state index in [9.17, 15) is 0 Å². The maximum absolute atomic E-state index is 5.99. The first-order valence-electron chi connectivity index (χ1n) is 7.75. The smallest absolute Gasteiger partial charge is 0.131 e. The molecule has 1 aromatic rings. The fourth-order valence-electron chi connectivity index (χ4n) is 3.81. The third-order valence-electron chi connectivity index (χ3n) is 4.89. The summed E-state index contributed by atoms with van der Waals surface area (Å²) in [4.78, 5) is 6.70. The molecule has 0 amide bonds. The number of hydrogen-bond acceptors (Lipinski definition) is 3. The molecule has 2 heterocycles. The van der Waals surface area contributed by atoms with E-state index in [2.05, 4.69) is 29.0 Å². The van der Waals surface area contributed by atoms with Gasteiger partial charge < -0.3 is 10.2 Å². The normalized spacial score (nSPS) is 30.5. The Kier molecular flexibility index (Phi) is 4.18. The Morgan fingerprint density at radius 3 is 2.60 bits per heavy atom. The molecule has 4 heteroatoms. The molecule has 2 aliphatic rings. The van der Waals surface area contributed by atoms with Gasteiger partial charge in [0, 0.05) is 37.1 Å². The Bertz CT molecular complexity index is 449. The number of rotatable bonds is 3. The molecule has 1 aliphatic heterocycles. The summed E-state index contributed by atoms with van der Waals surface area (Å²) in [6.07, 6.45) is 5.85. The van der Waals surface area contributed by atoms with E-state index < -0.39 is 0 Å². The van der Waals surface area contributed by atoms with Crippen molar-refractivity contribution in [1.29, 1.82) is 0 Å². The fourth-order valence-corrected chi connectivity index (χ4v) is 3.99. The molecule has 0 aromatic carbocycles. The van der Waals surface area contributed by atoms with Gasteiger partial charge in [-0.3, -0.25) is 0 Å². The van der Waals surface area contributed by atoms with Crippen LogP contribution in [0.2, 0.25) is 5.15 Å². The zero-order valence-electron chi connectivity index (χ0n) is 12.3. The molecule has 110 valence electrons. The Balaban J connectivity index is 1.73. The molecule has 2 bridgehead atoms. The lowest BCUT2D eigenvalue weighted by Gasteiger charge is -2.49. The number of nitrogens with zero attached hydrogens (tertiary/aromatic N) is 2. The van der Waals surface area contributed by atoms with Gasteiger partial charge in [0.2, 0.25) is 0 Å². The summed E-state index contributed by atoms with van der Waals surface area (Å²) in [7, 11) is 0. The first-order valence-corrected chi connectivity index (χ1v) is 8.13. The van der Waals surface area contributed by atoms with Crippen molar-refractivity contribution in [3.05, 3.63) is 23.5 Å². The van der Waals surface area contributed by atoms with Gasteiger partial charge in [-0.2, -0.15) is 0 Å². The van der Waals surface area contributed by atoms with Crippen molar-refractivity contribution in [1.82, 2.24) is 9.88 Å². The van der Waals surface area contributed by atoms with Gasteiger partial charge in [-0.25, -0.2) is 4.98 Å². The molecule has 1 saturated heterocycles. The molecule has 2 fully saturated rings. The Morgan fingerprint density at radius 1 is 1.30 bits per heavy atom. The molecule has 1 N–H and O–H groups in total. The van der Waals surface area contributed by atoms with Gasteiger partial charge in [-0.1, -0.05) is 18.0 Å². The van der Waals surface area contributed by atoms with Crippen LogP contribution in [0, 0.1) is 11.8 Å². The average Bonchev–Trinajstić information content (AvgIpc) is 2.38. The van der Waals surface area contributed by atoms with Crippen LogP contribution in [0.1, 0.15) is 33.1 Å². The monoisotopic (exact) mass is 293 g/mol. The fraction of sp³-hybridized carbons (Fsp3) is 0.688. The summed E-state index contributed by atoms with van der Waals surface area (Å²) in [5.74, 6) is 1.52. The minimum atomic E-state index is 0.569. The second-order valence-corrected chi connectivity index (χ2v) is 6.92. The van der Waals surface area contributed by atoms with Crippen molar-refractivity contribution in [3.63, 3.8) is 0 Å². The predicted molar refractivity (Wildman–Crippen MR) is 84.2 cm³/mol. The molecule has 2 unspecified atom stereocenters. The van der Waals surface area contributed by atoms with Gasteiger partial charge in [-0.15, -0.1) is 0 Å². The van der Waals surface area contributed by atoms with E-state index >= 15 is 0 Å². The summed E-state index contributed by atoms with van der Waals surface area (Å²) in [5, 5.41) is 4.30. The van der Waals surface area contributed by atoms with E-state index in [1.165, 1.54) is 32.4 Å². The summed E-state index contributed by atoms with van der Waals surface area (Å²) >= 11 is 5.99. The number of halogens is 1. The molecule has 3 nitrogen and oxygen atoms in total. The first kappa shape index (κ1) is 14.2. The quantitative estimate of drug-likeness (QED) is 0.862. The van der Waals surface area contributed by atoms with Crippen LogP contribution in [-0.2, 0) is 0 Å². The zero-order chi connectivity index (χ0) is 14.1. The number of hydrogen-bond donors (Lipinski definition) is 1. The van der Waals surface area contributed by atoms with Gasteiger partial charge in [0.1, 0.15) is 5.15 Å². The van der Waals surface area contributed by atoms with E-state index in [0.717, 1.165) is 17.5 Å². The average molecular weight is 294 g/mol. The third-order valence-corrected chi connectivity index (χ3v) is 5.10. The van der Waals surface area contributed by atoms with Crippen LogP contribution in [-0.4, -0.2) is 35.1 Å². The summed E-state index contributed by atoms with van der Waals surface area (Å²) < 4.78 is 0. The maximum Gasteiger partial charge on any atom is 0.131 e. The second kappa shape index (κ2) is 5.90. The van der Waals surface area contributed by atoms with E-state index in [1.54, 1.807) is 6.20 Å². The number of fused-ring (bicyclic) bond motifs is 2. The number of likely N-dealkylation sites (tertiary alicyclic amines) is 1. The SMILES string of the molecule is CC(C)N1CC2CCCC(C1)C2Nc1ccnc(Cl)c1. The number of pyridine rings is 1. The van der Waals surface area contributed by atoms with E-state index in [-0.39, 0.29) is 0 Å². The lowest BCUT2D eigenvalue weighted by Crippen LogP contribution is -2.56. The highest BCUT2D eigenvalue weighted by atomic mass is 35.5. The number of anilines is 1. The van der Waals surface area contributed by atoms with Crippen molar-refractivity contribution < 1.29 is 0 Å². The van der Waals surface area contributed by atoms with Crippen LogP contribution in [0.25, 0.3) is 0 Å². The van der Waals surface area contributed by atoms with Gasteiger partial charge in [-0.05, 0) is 50.7 Å². The minimum Gasteiger partial charge on any atom is -0.382 e. The molecule has 0 radical (unpaired) electrons. The van der Waals surface area contributed by atoms with Crippen molar-refractivity contribution in [2.24, 2.45) is 11.8 Å². The largest absolute Gasteiger partial charge is 0.382 e. The lowest BCUT2D eigenvalue weighted by atomic mass is 9.73. The van der Waals surface area contributed by atoms with Crippen molar-refractivity contribution in [3.8, 4) is 0 Å². The highest BCUT2D eigenvalue weighted by molar-refractivity contribution is 6.29.